The van der Waals surface area contributed by atoms with Crippen LogP contribution in [0.25, 0.3) is 0 Å². The maximum absolute atomic E-state index is 5.97. The number of benzene rings is 1. The van der Waals surface area contributed by atoms with Crippen molar-refractivity contribution in [3.8, 4) is 0 Å². The van der Waals surface area contributed by atoms with Gasteiger partial charge in [0.2, 0.25) is 0 Å². The molecule has 0 aromatic heterocycles. The van der Waals surface area contributed by atoms with Gasteiger partial charge in [-0.15, -0.1) is 0 Å². The number of nitrogens with two attached hydrogens (primary N) is 1. The van der Waals surface area contributed by atoms with E-state index < -0.39 is 0 Å². The smallest absolute Gasteiger partial charge is 0.188 e. The summed E-state index contributed by atoms with van der Waals surface area (Å²) in [4.78, 5) is 4.46. The highest BCUT2D eigenvalue weighted by atomic mass is 15.1. The van der Waals surface area contributed by atoms with Crippen LogP contribution in [0.2, 0.25) is 0 Å². The van der Waals surface area contributed by atoms with Crippen LogP contribution in [0.15, 0.2) is 23.2 Å². The van der Waals surface area contributed by atoms with Crippen LogP contribution >= 0.6 is 0 Å². The first kappa shape index (κ1) is 14.9. The van der Waals surface area contributed by atoms with E-state index in [1.807, 2.05) is 0 Å². The number of guanidine groups is 1. The lowest BCUT2D eigenvalue weighted by Crippen LogP contribution is -2.41. The average Bonchev–Trinajstić information content (AvgIpc) is 2.42. The Hall–Kier alpha value is -1.51. The Kier molecular flexibility index (Phi) is 5.45. The zero-order valence-corrected chi connectivity index (χ0v) is 12.8. The largest absolute Gasteiger partial charge is 0.370 e. The molecule has 1 saturated carbocycles. The van der Waals surface area contributed by atoms with E-state index >= 15 is 0 Å². The van der Waals surface area contributed by atoms with Crippen LogP contribution in [0.1, 0.15) is 48.8 Å². The highest BCUT2D eigenvalue weighted by Gasteiger charge is 2.13. The van der Waals surface area contributed by atoms with Crippen LogP contribution in [-0.2, 0) is 6.42 Å². The molecule has 1 aliphatic rings. The van der Waals surface area contributed by atoms with E-state index in [4.69, 9.17) is 5.73 Å². The Morgan fingerprint density at radius 2 is 2.00 bits per heavy atom. The van der Waals surface area contributed by atoms with Crippen molar-refractivity contribution in [3.63, 3.8) is 0 Å². The van der Waals surface area contributed by atoms with E-state index in [-0.39, 0.29) is 0 Å². The Morgan fingerprint density at radius 3 is 2.70 bits per heavy atom. The molecule has 1 aromatic rings. The first-order valence-electron chi connectivity index (χ1n) is 7.78. The van der Waals surface area contributed by atoms with Crippen molar-refractivity contribution in [2.24, 2.45) is 10.7 Å². The van der Waals surface area contributed by atoms with Crippen LogP contribution in [-0.4, -0.2) is 18.5 Å². The molecular weight excluding hydrogens is 246 g/mol. The third-order valence-electron chi connectivity index (χ3n) is 4.12. The molecule has 3 heteroatoms. The van der Waals surface area contributed by atoms with Crippen molar-refractivity contribution in [2.45, 2.75) is 58.4 Å². The second-order valence-electron chi connectivity index (χ2n) is 5.93. The molecule has 1 fully saturated rings. The fraction of sp³-hybridized carbons (Fsp3) is 0.588. The van der Waals surface area contributed by atoms with E-state index in [9.17, 15) is 0 Å². The maximum Gasteiger partial charge on any atom is 0.188 e. The van der Waals surface area contributed by atoms with Crippen molar-refractivity contribution < 1.29 is 0 Å². The van der Waals surface area contributed by atoms with E-state index in [1.165, 1.54) is 48.8 Å². The summed E-state index contributed by atoms with van der Waals surface area (Å²) in [6.07, 6.45) is 7.41. The van der Waals surface area contributed by atoms with Gasteiger partial charge in [-0.25, -0.2) is 0 Å². The van der Waals surface area contributed by atoms with Gasteiger partial charge in [0, 0.05) is 12.6 Å². The van der Waals surface area contributed by atoms with Crippen molar-refractivity contribution in [3.05, 3.63) is 34.9 Å². The van der Waals surface area contributed by atoms with Crippen LogP contribution in [0, 0.1) is 13.8 Å². The van der Waals surface area contributed by atoms with Gasteiger partial charge < -0.3 is 11.1 Å². The molecular formula is C17H27N3. The number of rotatable bonds is 4. The molecule has 1 aliphatic carbocycles. The number of nitrogens with zero attached hydrogens (tertiary/aromatic N) is 1. The first-order valence-corrected chi connectivity index (χ1v) is 7.78. The van der Waals surface area contributed by atoms with Gasteiger partial charge in [-0.2, -0.15) is 0 Å². The summed E-state index contributed by atoms with van der Waals surface area (Å²) in [7, 11) is 0. The highest BCUT2D eigenvalue weighted by Crippen LogP contribution is 2.17. The fourth-order valence-electron chi connectivity index (χ4n) is 2.92. The lowest BCUT2D eigenvalue weighted by atomic mass is 9.96. The molecule has 0 amide bonds. The number of hydrogen-bond acceptors (Lipinski definition) is 1. The van der Waals surface area contributed by atoms with Gasteiger partial charge in [-0.3, -0.25) is 4.99 Å². The molecule has 0 spiro atoms. The Bertz CT molecular complexity index is 459. The Morgan fingerprint density at radius 1 is 1.25 bits per heavy atom. The zero-order chi connectivity index (χ0) is 14.4. The minimum Gasteiger partial charge on any atom is -0.370 e. The first-order chi connectivity index (χ1) is 9.65. The van der Waals surface area contributed by atoms with E-state index in [1.54, 1.807) is 0 Å². The summed E-state index contributed by atoms with van der Waals surface area (Å²) in [5.41, 5.74) is 9.99. The summed E-state index contributed by atoms with van der Waals surface area (Å²) in [6, 6.07) is 7.12. The number of aliphatic imine (C=N–C) groups is 1. The van der Waals surface area contributed by atoms with Gasteiger partial charge in [0.25, 0.3) is 0 Å². The van der Waals surface area contributed by atoms with Gasteiger partial charge in [0.1, 0.15) is 0 Å². The monoisotopic (exact) mass is 273 g/mol. The normalized spacial score (nSPS) is 17.2. The molecule has 0 radical (unpaired) electrons. The summed E-state index contributed by atoms with van der Waals surface area (Å²) in [6.45, 7) is 5.05. The number of hydrogen-bond donors (Lipinski definition) is 2. The van der Waals surface area contributed by atoms with Crippen LogP contribution < -0.4 is 11.1 Å². The quantitative estimate of drug-likeness (QED) is 0.654. The second kappa shape index (κ2) is 7.32. The van der Waals surface area contributed by atoms with Gasteiger partial charge in [0.05, 0.1) is 0 Å². The molecule has 3 nitrogen and oxygen atoms in total. The molecule has 1 aromatic carbocycles. The molecule has 2 rings (SSSR count). The number of aryl methyl sites for hydroxylation is 2. The molecule has 0 bridgehead atoms. The van der Waals surface area contributed by atoms with Crippen LogP contribution in [0.3, 0.4) is 0 Å². The summed E-state index contributed by atoms with van der Waals surface area (Å²) in [5, 5.41) is 3.36. The van der Waals surface area contributed by atoms with Gasteiger partial charge in [-0.1, -0.05) is 43.0 Å². The average molecular weight is 273 g/mol. The maximum atomic E-state index is 5.97. The minimum absolute atomic E-state index is 0.536. The predicted octanol–water partition coefficient (Wildman–Crippen LogP) is 3.08. The highest BCUT2D eigenvalue weighted by molar-refractivity contribution is 5.78. The van der Waals surface area contributed by atoms with Crippen LogP contribution in [0.5, 0.6) is 0 Å². The fourth-order valence-corrected chi connectivity index (χ4v) is 2.92. The predicted molar refractivity (Wildman–Crippen MR) is 86.1 cm³/mol. The molecule has 0 heterocycles. The lowest BCUT2D eigenvalue weighted by molar-refractivity contribution is 0.412. The molecule has 20 heavy (non-hydrogen) atoms. The SMILES string of the molecule is Cc1ccc(CCN=C(N)NC2CCCCC2)c(C)c1. The number of nitrogens with one attached hydrogen (secondary N) is 1. The molecule has 0 aliphatic heterocycles. The Balaban J connectivity index is 1.79. The van der Waals surface area contributed by atoms with Crippen molar-refractivity contribution in [1.82, 2.24) is 5.32 Å². The van der Waals surface area contributed by atoms with E-state index in [0.717, 1.165) is 13.0 Å². The minimum atomic E-state index is 0.536. The third-order valence-corrected chi connectivity index (χ3v) is 4.12. The zero-order valence-electron chi connectivity index (χ0n) is 12.8. The Labute approximate surface area is 122 Å². The summed E-state index contributed by atoms with van der Waals surface area (Å²) < 4.78 is 0. The lowest BCUT2D eigenvalue weighted by Gasteiger charge is -2.23. The standard InChI is InChI=1S/C17H27N3/c1-13-8-9-15(14(2)12-13)10-11-19-17(18)20-16-6-4-3-5-7-16/h8-9,12,16H,3-7,10-11H2,1-2H3,(H3,18,19,20). The second-order valence-corrected chi connectivity index (χ2v) is 5.93. The van der Waals surface area contributed by atoms with Gasteiger partial charge in [-0.05, 0) is 44.2 Å². The molecule has 0 unspecified atom stereocenters. The van der Waals surface area contributed by atoms with Crippen molar-refractivity contribution in [1.29, 1.82) is 0 Å². The van der Waals surface area contributed by atoms with Gasteiger partial charge in [0.15, 0.2) is 5.96 Å². The van der Waals surface area contributed by atoms with Crippen molar-refractivity contribution in [2.75, 3.05) is 6.54 Å². The molecule has 3 N–H and O–H groups in total. The topological polar surface area (TPSA) is 50.4 Å². The molecule has 0 atom stereocenters. The van der Waals surface area contributed by atoms with Crippen molar-refractivity contribution >= 4 is 5.96 Å². The summed E-state index contributed by atoms with van der Waals surface area (Å²) in [5.74, 6) is 0.613. The van der Waals surface area contributed by atoms with Crippen LogP contribution in [0.4, 0.5) is 0 Å². The van der Waals surface area contributed by atoms with E-state index in [0.29, 0.717) is 12.0 Å². The molecule has 0 saturated heterocycles. The van der Waals surface area contributed by atoms with Gasteiger partial charge >= 0.3 is 0 Å². The van der Waals surface area contributed by atoms with E-state index in [2.05, 4.69) is 42.4 Å². The third kappa shape index (κ3) is 4.55. The molecule has 110 valence electrons. The summed E-state index contributed by atoms with van der Waals surface area (Å²) >= 11 is 0.